The molecule has 0 aliphatic heterocycles. The number of carboxylic acid groups (broad SMARTS) is 1. The van der Waals surface area contributed by atoms with Gasteiger partial charge in [0.25, 0.3) is 0 Å². The zero-order chi connectivity index (χ0) is 6.57. The maximum absolute atomic E-state index is 9.93. The number of rotatable bonds is 2. The van der Waals surface area contributed by atoms with Crippen molar-refractivity contribution in [3.05, 3.63) is 9.84 Å². The van der Waals surface area contributed by atoms with Gasteiger partial charge in [-0.2, -0.15) is 0 Å². The average Bonchev–Trinajstić information content (AvgIpc) is 1.67. The largest absolute Gasteiger partial charge is 0.503 e. The molecule has 0 aromatic heterocycles. The van der Waals surface area contributed by atoms with Crippen molar-refractivity contribution in [3.8, 4) is 0 Å². The van der Waals surface area contributed by atoms with E-state index in [1.165, 1.54) is 13.4 Å². The first kappa shape index (κ1) is 7.74. The van der Waals surface area contributed by atoms with Gasteiger partial charge in [0.05, 0.1) is 7.11 Å². The monoisotopic (exact) mass is 228 g/mol. The third kappa shape index (κ3) is 2.84. The minimum atomic E-state index is -0.965. The summed E-state index contributed by atoms with van der Waals surface area (Å²) in [5, 5.41) is 8.16. The second kappa shape index (κ2) is 3.71. The molecule has 0 spiro atoms. The van der Waals surface area contributed by atoms with Crippen LogP contribution in [0.25, 0.3) is 0 Å². The highest BCUT2D eigenvalue weighted by Crippen LogP contribution is 2.03. The van der Waals surface area contributed by atoms with Gasteiger partial charge in [0.1, 0.15) is 9.84 Å². The van der Waals surface area contributed by atoms with Crippen LogP contribution >= 0.6 is 22.6 Å². The van der Waals surface area contributed by atoms with E-state index in [4.69, 9.17) is 5.11 Å². The molecule has 1 N–H and O–H groups in total. The fourth-order valence-electron chi connectivity index (χ4n) is 0.154. The minimum Gasteiger partial charge on any atom is -0.503 e. The van der Waals surface area contributed by atoms with Gasteiger partial charge in [0.2, 0.25) is 0 Å². The van der Waals surface area contributed by atoms with E-state index in [2.05, 4.69) is 4.74 Å². The molecule has 0 fully saturated rings. The van der Waals surface area contributed by atoms with Crippen molar-refractivity contribution in [1.29, 1.82) is 0 Å². The number of carbonyl (C=O) groups is 1. The van der Waals surface area contributed by atoms with Crippen LogP contribution in [0.2, 0.25) is 0 Å². The van der Waals surface area contributed by atoms with Crippen LogP contribution in [0.3, 0.4) is 0 Å². The Bertz CT molecular complexity index is 118. The van der Waals surface area contributed by atoms with Crippen molar-refractivity contribution in [2.24, 2.45) is 0 Å². The molecule has 0 saturated heterocycles. The van der Waals surface area contributed by atoms with Gasteiger partial charge in [0.15, 0.2) is 0 Å². The standard InChI is InChI=1S/C4H5IO3/c1-8-2-3(5)4(6)7/h2H,1H3,(H,6,7)/b3-2+. The number of aliphatic carboxylic acids is 1. The Hall–Kier alpha value is -0.260. The maximum Gasteiger partial charge on any atom is 0.345 e. The van der Waals surface area contributed by atoms with Crippen LogP contribution in [0.15, 0.2) is 9.84 Å². The van der Waals surface area contributed by atoms with Crippen molar-refractivity contribution in [1.82, 2.24) is 0 Å². The summed E-state index contributed by atoms with van der Waals surface area (Å²) in [6.45, 7) is 0. The Morgan fingerprint density at radius 1 is 1.88 bits per heavy atom. The molecule has 0 heterocycles. The Labute approximate surface area is 60.5 Å². The first-order valence-corrected chi connectivity index (χ1v) is 2.88. The second-order valence-corrected chi connectivity index (χ2v) is 2.17. The normalized spacial score (nSPS) is 11.0. The van der Waals surface area contributed by atoms with E-state index in [1.807, 2.05) is 0 Å². The van der Waals surface area contributed by atoms with E-state index in [9.17, 15) is 4.79 Å². The molecule has 0 radical (unpaired) electrons. The summed E-state index contributed by atoms with van der Waals surface area (Å²) >= 11 is 1.67. The van der Waals surface area contributed by atoms with Gasteiger partial charge < -0.3 is 9.84 Å². The van der Waals surface area contributed by atoms with Gasteiger partial charge in [-0.25, -0.2) is 4.79 Å². The summed E-state index contributed by atoms with van der Waals surface area (Å²) < 4.78 is 4.59. The van der Waals surface area contributed by atoms with Gasteiger partial charge in [-0.3, -0.25) is 0 Å². The molecule has 0 rings (SSSR count). The molecule has 0 aliphatic rings. The molecule has 0 unspecified atom stereocenters. The number of ether oxygens (including phenoxy) is 1. The van der Waals surface area contributed by atoms with Crippen LogP contribution < -0.4 is 0 Å². The first-order valence-electron chi connectivity index (χ1n) is 1.80. The molecule has 0 amide bonds. The maximum atomic E-state index is 9.93. The minimum absolute atomic E-state index is 0.171. The summed E-state index contributed by atoms with van der Waals surface area (Å²) in [6, 6.07) is 0. The van der Waals surface area contributed by atoms with Crippen molar-refractivity contribution in [2.75, 3.05) is 7.11 Å². The summed E-state index contributed by atoms with van der Waals surface area (Å²) in [6.07, 6.45) is 1.17. The lowest BCUT2D eigenvalue weighted by Crippen LogP contribution is -1.92. The predicted octanol–water partition coefficient (Wildman–Crippen LogP) is 0.994. The lowest BCUT2D eigenvalue weighted by molar-refractivity contribution is -0.131. The fourth-order valence-corrected chi connectivity index (χ4v) is 0.408. The zero-order valence-electron chi connectivity index (χ0n) is 4.22. The predicted molar refractivity (Wildman–Crippen MR) is 36.7 cm³/mol. The highest BCUT2D eigenvalue weighted by molar-refractivity contribution is 14.1. The molecule has 0 atom stereocenters. The fraction of sp³-hybridized carbons (Fsp3) is 0.250. The molecule has 0 saturated carbocycles. The SMILES string of the molecule is CO/C=C(/I)C(=O)O. The van der Waals surface area contributed by atoms with E-state index in [0.29, 0.717) is 0 Å². The van der Waals surface area contributed by atoms with E-state index in [0.717, 1.165) is 0 Å². The third-order valence-corrected chi connectivity index (χ3v) is 1.14. The van der Waals surface area contributed by atoms with Crippen molar-refractivity contribution < 1.29 is 14.6 Å². The number of hydrogen-bond acceptors (Lipinski definition) is 2. The molecule has 0 aliphatic carbocycles. The molecule has 0 aromatic carbocycles. The molecular weight excluding hydrogens is 223 g/mol. The van der Waals surface area contributed by atoms with E-state index >= 15 is 0 Å². The van der Waals surface area contributed by atoms with E-state index in [-0.39, 0.29) is 3.58 Å². The third-order valence-electron chi connectivity index (χ3n) is 0.426. The second-order valence-electron chi connectivity index (χ2n) is 1.01. The van der Waals surface area contributed by atoms with Gasteiger partial charge in [0, 0.05) is 0 Å². The number of methoxy groups -OCH3 is 1. The van der Waals surface area contributed by atoms with Crippen LogP contribution in [-0.2, 0) is 9.53 Å². The topological polar surface area (TPSA) is 46.5 Å². The van der Waals surface area contributed by atoms with Gasteiger partial charge in [-0.05, 0) is 22.6 Å². The Morgan fingerprint density at radius 2 is 2.38 bits per heavy atom. The molecule has 0 aromatic rings. The van der Waals surface area contributed by atoms with Crippen LogP contribution in [0.4, 0.5) is 0 Å². The summed E-state index contributed by atoms with van der Waals surface area (Å²) in [7, 11) is 1.40. The Balaban J connectivity index is 3.80. The van der Waals surface area contributed by atoms with E-state index in [1.54, 1.807) is 22.6 Å². The zero-order valence-corrected chi connectivity index (χ0v) is 6.38. The van der Waals surface area contributed by atoms with Crippen molar-refractivity contribution in [3.63, 3.8) is 0 Å². The molecule has 8 heavy (non-hydrogen) atoms. The highest BCUT2D eigenvalue weighted by atomic mass is 127. The number of halogens is 1. The quantitative estimate of drug-likeness (QED) is 0.435. The Kier molecular flexibility index (Phi) is 3.59. The average molecular weight is 228 g/mol. The number of carboxylic acids is 1. The molecule has 0 bridgehead atoms. The molecular formula is C4H5IO3. The van der Waals surface area contributed by atoms with Crippen molar-refractivity contribution >= 4 is 28.6 Å². The lowest BCUT2D eigenvalue weighted by Gasteiger charge is -1.87. The summed E-state index contributed by atoms with van der Waals surface area (Å²) in [5.41, 5.74) is 0. The number of hydrogen-bond donors (Lipinski definition) is 1. The van der Waals surface area contributed by atoms with Crippen LogP contribution in [0, 0.1) is 0 Å². The summed E-state index contributed by atoms with van der Waals surface area (Å²) in [4.78, 5) is 9.93. The molecule has 3 nitrogen and oxygen atoms in total. The van der Waals surface area contributed by atoms with Crippen LogP contribution in [0.5, 0.6) is 0 Å². The van der Waals surface area contributed by atoms with Crippen LogP contribution in [0.1, 0.15) is 0 Å². The smallest absolute Gasteiger partial charge is 0.345 e. The van der Waals surface area contributed by atoms with Gasteiger partial charge in [-0.15, -0.1) is 0 Å². The molecule has 46 valence electrons. The Morgan fingerprint density at radius 3 is 2.50 bits per heavy atom. The lowest BCUT2D eigenvalue weighted by atomic mass is 10.6. The molecule has 4 heteroatoms. The van der Waals surface area contributed by atoms with Gasteiger partial charge in [-0.1, -0.05) is 0 Å². The highest BCUT2D eigenvalue weighted by Gasteiger charge is 1.99. The van der Waals surface area contributed by atoms with E-state index < -0.39 is 5.97 Å². The van der Waals surface area contributed by atoms with Crippen molar-refractivity contribution in [2.45, 2.75) is 0 Å². The summed E-state index contributed by atoms with van der Waals surface area (Å²) in [5.74, 6) is -0.965. The first-order chi connectivity index (χ1) is 3.68. The van der Waals surface area contributed by atoms with Gasteiger partial charge >= 0.3 is 5.97 Å². The van der Waals surface area contributed by atoms with Crippen LogP contribution in [-0.4, -0.2) is 18.2 Å².